The zero-order valence-electron chi connectivity index (χ0n) is 7.15. The van der Waals surface area contributed by atoms with Crippen molar-refractivity contribution >= 4 is 11.7 Å². The van der Waals surface area contributed by atoms with Crippen molar-refractivity contribution < 1.29 is 14.7 Å². The molecule has 0 radical (unpaired) electrons. The van der Waals surface area contributed by atoms with Crippen molar-refractivity contribution in [2.24, 2.45) is 5.73 Å². The molecule has 0 fully saturated rings. The van der Waals surface area contributed by atoms with Gasteiger partial charge in [-0.1, -0.05) is 12.1 Å². The summed E-state index contributed by atoms with van der Waals surface area (Å²) < 4.78 is 0. The number of nitrogens with one attached hydrogen (secondary N) is 1. The van der Waals surface area contributed by atoms with E-state index in [9.17, 15) is 9.90 Å². The Hall–Kier alpha value is -2.17. The Kier molecular flexibility index (Phi) is 1.78. The summed E-state index contributed by atoms with van der Waals surface area (Å²) in [6, 6.07) is 6.77. The summed E-state index contributed by atoms with van der Waals surface area (Å²) in [5, 5.41) is 9.63. The Morgan fingerprint density at radius 3 is 2.86 bits per heavy atom. The summed E-state index contributed by atoms with van der Waals surface area (Å²) in [6.45, 7) is 0. The molecule has 0 spiro atoms. The minimum absolute atomic E-state index is 0.135. The van der Waals surface area contributed by atoms with Gasteiger partial charge in [-0.05, 0) is 12.1 Å². The highest BCUT2D eigenvalue weighted by Gasteiger charge is 2.22. The number of hydrogen-bond acceptors (Lipinski definition) is 4. The SMILES string of the molecule is NC(=O)C1=C(O)c2ccccc2ON1. The topological polar surface area (TPSA) is 84.6 Å². The molecule has 5 heteroatoms. The summed E-state index contributed by atoms with van der Waals surface area (Å²) >= 11 is 0. The van der Waals surface area contributed by atoms with E-state index in [1.54, 1.807) is 24.3 Å². The number of hydroxylamine groups is 1. The minimum Gasteiger partial charge on any atom is -0.505 e. The van der Waals surface area contributed by atoms with Gasteiger partial charge in [0.1, 0.15) is 0 Å². The number of carbonyl (C=O) groups is 1. The van der Waals surface area contributed by atoms with Gasteiger partial charge in [0.15, 0.2) is 17.2 Å². The van der Waals surface area contributed by atoms with Crippen LogP contribution in [-0.4, -0.2) is 11.0 Å². The van der Waals surface area contributed by atoms with E-state index in [4.69, 9.17) is 10.6 Å². The molecule has 1 aliphatic rings. The third kappa shape index (κ3) is 1.15. The van der Waals surface area contributed by atoms with Gasteiger partial charge >= 0.3 is 0 Å². The zero-order chi connectivity index (χ0) is 10.1. The van der Waals surface area contributed by atoms with Gasteiger partial charge < -0.3 is 15.7 Å². The number of primary amides is 1. The molecule has 0 unspecified atom stereocenters. The maximum absolute atomic E-state index is 10.8. The fourth-order valence-corrected chi connectivity index (χ4v) is 1.21. The van der Waals surface area contributed by atoms with Crippen LogP contribution in [0.1, 0.15) is 5.56 Å². The molecule has 0 bridgehead atoms. The van der Waals surface area contributed by atoms with Crippen molar-refractivity contribution in [3.05, 3.63) is 35.5 Å². The van der Waals surface area contributed by atoms with E-state index in [1.807, 2.05) is 0 Å². The second-order valence-corrected chi connectivity index (χ2v) is 2.79. The van der Waals surface area contributed by atoms with Crippen LogP contribution >= 0.6 is 0 Å². The fraction of sp³-hybridized carbons (Fsp3) is 0. The quantitative estimate of drug-likeness (QED) is 0.597. The number of rotatable bonds is 1. The van der Waals surface area contributed by atoms with E-state index in [0.29, 0.717) is 11.3 Å². The molecule has 0 atom stereocenters. The number of para-hydroxylation sites is 1. The third-order valence-corrected chi connectivity index (χ3v) is 1.89. The lowest BCUT2D eigenvalue weighted by Crippen LogP contribution is -2.32. The molecular formula is C9H8N2O3. The molecule has 0 saturated carbocycles. The normalized spacial score (nSPS) is 14.0. The molecule has 1 amide bonds. The third-order valence-electron chi connectivity index (χ3n) is 1.89. The highest BCUT2D eigenvalue weighted by molar-refractivity contribution is 5.98. The van der Waals surface area contributed by atoms with Gasteiger partial charge in [0, 0.05) is 0 Å². The lowest BCUT2D eigenvalue weighted by molar-refractivity contribution is -0.115. The van der Waals surface area contributed by atoms with Crippen LogP contribution in [0.4, 0.5) is 0 Å². The molecule has 0 aromatic heterocycles. The first kappa shape index (κ1) is 8.43. The number of fused-ring (bicyclic) bond motifs is 1. The highest BCUT2D eigenvalue weighted by atomic mass is 16.6. The monoisotopic (exact) mass is 192 g/mol. The molecule has 2 rings (SSSR count). The Labute approximate surface area is 79.7 Å². The number of benzene rings is 1. The van der Waals surface area contributed by atoms with E-state index in [1.165, 1.54) is 0 Å². The summed E-state index contributed by atoms with van der Waals surface area (Å²) in [4.78, 5) is 15.8. The zero-order valence-corrected chi connectivity index (χ0v) is 7.15. The van der Waals surface area contributed by atoms with E-state index in [-0.39, 0.29) is 11.5 Å². The Balaban J connectivity index is 2.56. The van der Waals surface area contributed by atoms with Gasteiger partial charge in [0.05, 0.1) is 5.56 Å². The van der Waals surface area contributed by atoms with Crippen LogP contribution in [0.2, 0.25) is 0 Å². The van der Waals surface area contributed by atoms with Gasteiger partial charge in [-0.3, -0.25) is 4.79 Å². The molecule has 0 saturated heterocycles. The van der Waals surface area contributed by atoms with E-state index >= 15 is 0 Å². The smallest absolute Gasteiger partial charge is 0.271 e. The number of carbonyl (C=O) groups excluding carboxylic acids is 1. The summed E-state index contributed by atoms with van der Waals surface area (Å²) in [5.74, 6) is -0.508. The van der Waals surface area contributed by atoms with Gasteiger partial charge in [-0.25, -0.2) is 5.48 Å². The first-order chi connectivity index (χ1) is 6.70. The van der Waals surface area contributed by atoms with Crippen LogP contribution in [0.25, 0.3) is 5.76 Å². The molecule has 1 heterocycles. The van der Waals surface area contributed by atoms with E-state index in [2.05, 4.69) is 5.48 Å². The van der Waals surface area contributed by atoms with Crippen molar-refractivity contribution in [1.29, 1.82) is 0 Å². The maximum atomic E-state index is 10.8. The van der Waals surface area contributed by atoms with E-state index in [0.717, 1.165) is 0 Å². The van der Waals surface area contributed by atoms with Crippen molar-refractivity contribution in [2.75, 3.05) is 0 Å². The predicted molar refractivity (Wildman–Crippen MR) is 48.9 cm³/mol. The number of nitrogens with two attached hydrogens (primary N) is 1. The van der Waals surface area contributed by atoms with Crippen LogP contribution in [0.3, 0.4) is 0 Å². The molecule has 5 nitrogen and oxygen atoms in total. The summed E-state index contributed by atoms with van der Waals surface area (Å²) in [6.07, 6.45) is 0. The lowest BCUT2D eigenvalue weighted by Gasteiger charge is -2.19. The van der Waals surface area contributed by atoms with Crippen molar-refractivity contribution in [1.82, 2.24) is 5.48 Å². The van der Waals surface area contributed by atoms with Gasteiger partial charge in [0.2, 0.25) is 0 Å². The first-order valence-corrected chi connectivity index (χ1v) is 3.95. The van der Waals surface area contributed by atoms with Crippen LogP contribution in [0.15, 0.2) is 30.0 Å². The average Bonchev–Trinajstić information content (AvgIpc) is 2.18. The largest absolute Gasteiger partial charge is 0.505 e. The van der Waals surface area contributed by atoms with Gasteiger partial charge in [-0.15, -0.1) is 0 Å². The van der Waals surface area contributed by atoms with Gasteiger partial charge in [-0.2, -0.15) is 0 Å². The minimum atomic E-state index is -0.767. The molecule has 0 aliphatic carbocycles. The molecule has 1 aromatic rings. The number of hydrogen-bond donors (Lipinski definition) is 3. The molecule has 14 heavy (non-hydrogen) atoms. The second-order valence-electron chi connectivity index (χ2n) is 2.79. The van der Waals surface area contributed by atoms with Crippen molar-refractivity contribution in [2.45, 2.75) is 0 Å². The van der Waals surface area contributed by atoms with E-state index < -0.39 is 5.91 Å². The first-order valence-electron chi connectivity index (χ1n) is 3.95. The Morgan fingerprint density at radius 1 is 1.43 bits per heavy atom. The maximum Gasteiger partial charge on any atom is 0.271 e. The average molecular weight is 192 g/mol. The fourth-order valence-electron chi connectivity index (χ4n) is 1.21. The summed E-state index contributed by atoms with van der Waals surface area (Å²) in [5.41, 5.74) is 7.60. The van der Waals surface area contributed by atoms with Crippen LogP contribution in [0.5, 0.6) is 5.75 Å². The van der Waals surface area contributed by atoms with Gasteiger partial charge in [0.25, 0.3) is 5.91 Å². The molecule has 4 N–H and O–H groups in total. The summed E-state index contributed by atoms with van der Waals surface area (Å²) in [7, 11) is 0. The number of aliphatic hydroxyl groups is 1. The number of amides is 1. The highest BCUT2D eigenvalue weighted by Crippen LogP contribution is 2.28. The second kappa shape index (κ2) is 2.95. The van der Waals surface area contributed by atoms with Crippen molar-refractivity contribution in [3.8, 4) is 5.75 Å². The number of aliphatic hydroxyl groups excluding tert-OH is 1. The van der Waals surface area contributed by atoms with Crippen molar-refractivity contribution in [3.63, 3.8) is 0 Å². The van der Waals surface area contributed by atoms with Crippen LogP contribution < -0.4 is 16.1 Å². The molecular weight excluding hydrogens is 184 g/mol. The standard InChI is InChI=1S/C9H8N2O3/c10-9(13)7-8(12)5-3-1-2-4-6(5)14-11-7/h1-4,11-12H,(H2,10,13). The van der Waals surface area contributed by atoms with Crippen LogP contribution in [-0.2, 0) is 4.79 Å². The lowest BCUT2D eigenvalue weighted by atomic mass is 10.1. The Morgan fingerprint density at radius 2 is 2.14 bits per heavy atom. The predicted octanol–water partition coefficient (Wildman–Crippen LogP) is 0.295. The Bertz CT molecular complexity index is 426. The molecule has 1 aliphatic heterocycles. The molecule has 1 aromatic carbocycles. The van der Waals surface area contributed by atoms with Crippen LogP contribution in [0, 0.1) is 0 Å². The molecule has 72 valence electrons.